The van der Waals surface area contributed by atoms with Gasteiger partial charge in [0.05, 0.1) is 0 Å². The van der Waals surface area contributed by atoms with E-state index in [-0.39, 0.29) is 0 Å². The van der Waals surface area contributed by atoms with Crippen molar-refractivity contribution in [1.29, 1.82) is 0 Å². The van der Waals surface area contributed by atoms with Gasteiger partial charge in [-0.3, -0.25) is 0 Å². The lowest BCUT2D eigenvalue weighted by atomic mass is 9.97. The van der Waals surface area contributed by atoms with Crippen LogP contribution in [0.3, 0.4) is 0 Å². The molecule has 0 spiro atoms. The van der Waals surface area contributed by atoms with Gasteiger partial charge in [0.15, 0.2) is 0 Å². The van der Waals surface area contributed by atoms with Crippen LogP contribution in [0.2, 0.25) is 0 Å². The number of fused-ring (bicyclic) bond motifs is 2. The van der Waals surface area contributed by atoms with Gasteiger partial charge in [0.1, 0.15) is 0 Å². The van der Waals surface area contributed by atoms with Crippen molar-refractivity contribution in [3.8, 4) is 0 Å². The van der Waals surface area contributed by atoms with Crippen LogP contribution in [-0.2, 0) is 0 Å². The van der Waals surface area contributed by atoms with Crippen LogP contribution in [0.25, 0.3) is 0 Å². The second-order valence-electron chi connectivity index (χ2n) is 6.39. The number of rotatable bonds is 2. The Morgan fingerprint density at radius 3 is 2.37 bits per heavy atom. The van der Waals surface area contributed by atoms with Crippen LogP contribution >= 0.6 is 0 Å². The lowest BCUT2D eigenvalue weighted by molar-refractivity contribution is 0.414. The Bertz CT molecular complexity index is 455. The molecule has 2 unspecified atom stereocenters. The molecule has 0 aromatic heterocycles. The Morgan fingerprint density at radius 1 is 1.16 bits per heavy atom. The standard InChI is InChI=1S/C16H25N3/c1-11-4-5-15(10-16(11)18(2)3)19-13-6-7-14(19)9-12(17)8-13/h4-5,10,12-14H,6-9,17H2,1-3H3. The van der Waals surface area contributed by atoms with E-state index in [0.717, 1.165) is 12.8 Å². The van der Waals surface area contributed by atoms with Gasteiger partial charge in [-0.2, -0.15) is 0 Å². The molecule has 0 saturated carbocycles. The molecule has 104 valence electrons. The van der Waals surface area contributed by atoms with Gasteiger partial charge in [0.2, 0.25) is 0 Å². The maximum absolute atomic E-state index is 6.16. The quantitative estimate of drug-likeness (QED) is 0.886. The largest absolute Gasteiger partial charge is 0.377 e. The first kappa shape index (κ1) is 12.8. The van der Waals surface area contributed by atoms with Crippen LogP contribution in [0.5, 0.6) is 0 Å². The first-order chi connectivity index (χ1) is 9.06. The van der Waals surface area contributed by atoms with E-state index in [9.17, 15) is 0 Å². The van der Waals surface area contributed by atoms with Gasteiger partial charge in [-0.05, 0) is 50.3 Å². The zero-order valence-electron chi connectivity index (χ0n) is 12.3. The van der Waals surface area contributed by atoms with Crippen molar-refractivity contribution >= 4 is 11.4 Å². The van der Waals surface area contributed by atoms with E-state index in [1.807, 2.05) is 0 Å². The third kappa shape index (κ3) is 2.20. The first-order valence-electron chi connectivity index (χ1n) is 7.38. The van der Waals surface area contributed by atoms with Gasteiger partial charge in [-0.1, -0.05) is 6.07 Å². The summed E-state index contributed by atoms with van der Waals surface area (Å²) in [7, 11) is 4.24. The summed E-state index contributed by atoms with van der Waals surface area (Å²) in [4.78, 5) is 4.84. The highest BCUT2D eigenvalue weighted by Gasteiger charge is 2.39. The van der Waals surface area contributed by atoms with Crippen molar-refractivity contribution in [2.75, 3.05) is 23.9 Å². The Labute approximate surface area is 116 Å². The third-order valence-corrected chi connectivity index (χ3v) is 4.74. The molecular formula is C16H25N3. The molecule has 3 nitrogen and oxygen atoms in total. The topological polar surface area (TPSA) is 32.5 Å². The summed E-state index contributed by atoms with van der Waals surface area (Å²) in [5.41, 5.74) is 10.2. The molecule has 0 amide bonds. The van der Waals surface area contributed by atoms with Gasteiger partial charge in [-0.25, -0.2) is 0 Å². The molecule has 2 fully saturated rings. The summed E-state index contributed by atoms with van der Waals surface area (Å²) in [6, 6.07) is 8.60. The minimum Gasteiger partial charge on any atom is -0.377 e. The van der Waals surface area contributed by atoms with Crippen LogP contribution in [0.15, 0.2) is 18.2 Å². The fourth-order valence-corrected chi connectivity index (χ4v) is 3.88. The molecule has 2 saturated heterocycles. The minimum absolute atomic E-state index is 0.410. The molecule has 19 heavy (non-hydrogen) atoms. The van der Waals surface area contributed by atoms with Gasteiger partial charge >= 0.3 is 0 Å². The highest BCUT2D eigenvalue weighted by atomic mass is 15.2. The van der Waals surface area contributed by atoms with Crippen molar-refractivity contribution in [3.05, 3.63) is 23.8 Å². The number of hydrogen-bond acceptors (Lipinski definition) is 3. The minimum atomic E-state index is 0.410. The van der Waals surface area contributed by atoms with E-state index in [4.69, 9.17) is 5.73 Å². The van der Waals surface area contributed by atoms with Gasteiger partial charge in [0.25, 0.3) is 0 Å². The smallest absolute Gasteiger partial charge is 0.0411 e. The number of hydrogen-bond donors (Lipinski definition) is 1. The lowest BCUT2D eigenvalue weighted by Crippen LogP contribution is -2.47. The molecular weight excluding hydrogens is 234 g/mol. The summed E-state index contributed by atoms with van der Waals surface area (Å²) >= 11 is 0. The van der Waals surface area contributed by atoms with Crippen LogP contribution in [0.4, 0.5) is 11.4 Å². The summed E-state index contributed by atoms with van der Waals surface area (Å²) < 4.78 is 0. The number of nitrogens with two attached hydrogens (primary N) is 1. The molecule has 1 aromatic rings. The second kappa shape index (κ2) is 4.71. The van der Waals surface area contributed by atoms with E-state index < -0.39 is 0 Å². The van der Waals surface area contributed by atoms with Gasteiger partial charge in [-0.15, -0.1) is 0 Å². The Kier molecular flexibility index (Phi) is 3.17. The van der Waals surface area contributed by atoms with Crippen LogP contribution in [0.1, 0.15) is 31.2 Å². The summed E-state index contributed by atoms with van der Waals surface area (Å²) in [5, 5.41) is 0. The van der Waals surface area contributed by atoms with Crippen LogP contribution in [-0.4, -0.2) is 32.2 Å². The van der Waals surface area contributed by atoms with Crippen molar-refractivity contribution < 1.29 is 0 Å². The normalized spacial score (nSPS) is 29.7. The molecule has 2 N–H and O–H groups in total. The number of benzene rings is 1. The number of piperidine rings is 1. The van der Waals surface area contributed by atoms with Crippen LogP contribution in [0, 0.1) is 6.92 Å². The fourth-order valence-electron chi connectivity index (χ4n) is 3.88. The van der Waals surface area contributed by atoms with E-state index in [0.29, 0.717) is 18.1 Å². The summed E-state index contributed by atoms with van der Waals surface area (Å²) in [6.07, 6.45) is 4.93. The van der Waals surface area contributed by atoms with Crippen molar-refractivity contribution in [1.82, 2.24) is 0 Å². The molecule has 3 heteroatoms. The van der Waals surface area contributed by atoms with E-state index in [1.54, 1.807) is 0 Å². The summed E-state index contributed by atoms with van der Waals surface area (Å²) in [6.45, 7) is 2.18. The zero-order valence-corrected chi connectivity index (χ0v) is 12.3. The number of anilines is 2. The molecule has 0 radical (unpaired) electrons. The first-order valence-corrected chi connectivity index (χ1v) is 7.38. The number of aryl methyl sites for hydroxylation is 1. The molecule has 1 aromatic carbocycles. The molecule has 2 aliphatic heterocycles. The zero-order chi connectivity index (χ0) is 13.6. The highest BCUT2D eigenvalue weighted by Crippen LogP contribution is 2.40. The van der Waals surface area contributed by atoms with Crippen LogP contribution < -0.4 is 15.5 Å². The lowest BCUT2D eigenvalue weighted by Gasteiger charge is -2.40. The van der Waals surface area contributed by atoms with E-state index in [1.165, 1.54) is 29.8 Å². The molecule has 2 aliphatic rings. The van der Waals surface area contributed by atoms with Gasteiger partial charge in [0, 0.05) is 43.6 Å². The van der Waals surface area contributed by atoms with Crippen molar-refractivity contribution in [2.24, 2.45) is 5.73 Å². The van der Waals surface area contributed by atoms with Crippen molar-refractivity contribution in [2.45, 2.75) is 50.7 Å². The third-order valence-electron chi connectivity index (χ3n) is 4.74. The second-order valence-corrected chi connectivity index (χ2v) is 6.39. The SMILES string of the molecule is Cc1ccc(N2C3CCC2CC(N)C3)cc1N(C)C. The monoisotopic (exact) mass is 259 g/mol. The molecule has 3 rings (SSSR count). The van der Waals surface area contributed by atoms with E-state index in [2.05, 4.69) is 49.0 Å². The predicted molar refractivity (Wildman–Crippen MR) is 82.0 cm³/mol. The predicted octanol–water partition coefficient (Wildman–Crippen LogP) is 2.52. The molecule has 2 bridgehead atoms. The fraction of sp³-hybridized carbons (Fsp3) is 0.625. The number of nitrogens with zero attached hydrogens (tertiary/aromatic N) is 2. The maximum Gasteiger partial charge on any atom is 0.0411 e. The Morgan fingerprint density at radius 2 is 1.79 bits per heavy atom. The Hall–Kier alpha value is -1.22. The summed E-state index contributed by atoms with van der Waals surface area (Å²) in [5.74, 6) is 0. The average molecular weight is 259 g/mol. The Balaban J connectivity index is 1.93. The highest BCUT2D eigenvalue weighted by molar-refractivity contribution is 5.64. The molecule has 2 heterocycles. The van der Waals surface area contributed by atoms with E-state index >= 15 is 0 Å². The maximum atomic E-state index is 6.16. The van der Waals surface area contributed by atoms with Gasteiger partial charge < -0.3 is 15.5 Å². The van der Waals surface area contributed by atoms with Crippen molar-refractivity contribution in [3.63, 3.8) is 0 Å². The average Bonchev–Trinajstić information content (AvgIpc) is 2.63. The molecule has 0 aliphatic carbocycles. The molecule has 2 atom stereocenters.